The minimum atomic E-state index is -4.60. The highest BCUT2D eigenvalue weighted by Gasteiger charge is 2.32. The van der Waals surface area contributed by atoms with Crippen molar-refractivity contribution in [3.05, 3.63) is 114 Å². The van der Waals surface area contributed by atoms with Crippen molar-refractivity contribution in [2.24, 2.45) is 0 Å². The number of benzene rings is 3. The van der Waals surface area contributed by atoms with Crippen molar-refractivity contribution >= 4 is 28.2 Å². The van der Waals surface area contributed by atoms with Gasteiger partial charge in [0.25, 0.3) is 5.91 Å². The van der Waals surface area contributed by atoms with Gasteiger partial charge >= 0.3 is 12.4 Å². The molecule has 5 rings (SSSR count). The number of halogens is 6. The number of pyridine rings is 1. The lowest BCUT2D eigenvalue weighted by Gasteiger charge is -2.24. The van der Waals surface area contributed by atoms with Crippen LogP contribution in [0, 0.1) is 0 Å². The summed E-state index contributed by atoms with van der Waals surface area (Å²) in [4.78, 5) is 22.2. The number of alkyl halides is 6. The molecule has 0 bridgehead atoms. The van der Waals surface area contributed by atoms with Gasteiger partial charge in [-0.1, -0.05) is 12.1 Å². The van der Waals surface area contributed by atoms with Gasteiger partial charge in [0.05, 0.1) is 16.8 Å². The predicted octanol–water partition coefficient (Wildman–Crippen LogP) is 8.25. The molecule has 0 aliphatic rings. The molecule has 2 aromatic heterocycles. The molecule has 1 amide bonds. The maximum Gasteiger partial charge on any atom is 0.416 e. The van der Waals surface area contributed by atoms with E-state index in [1.807, 2.05) is 24.3 Å². The third kappa shape index (κ3) is 4.97. The van der Waals surface area contributed by atoms with Crippen LogP contribution in [0.2, 0.25) is 0 Å². The first-order valence-electron chi connectivity index (χ1n) is 11.2. The Morgan fingerprint density at radius 1 is 0.711 bits per heavy atom. The minimum Gasteiger partial charge on any atom is -0.361 e. The zero-order valence-electron chi connectivity index (χ0n) is 19.3. The molecule has 0 saturated heterocycles. The first-order chi connectivity index (χ1) is 18.0. The summed E-state index contributed by atoms with van der Waals surface area (Å²) in [7, 11) is 0. The molecule has 0 atom stereocenters. The summed E-state index contributed by atoms with van der Waals surface area (Å²) >= 11 is 0. The van der Waals surface area contributed by atoms with Crippen LogP contribution in [0.3, 0.4) is 0 Å². The number of hydrogen-bond donors (Lipinski definition) is 1. The quantitative estimate of drug-likeness (QED) is 0.240. The molecule has 0 spiro atoms. The van der Waals surface area contributed by atoms with Crippen molar-refractivity contribution in [3.8, 4) is 11.3 Å². The van der Waals surface area contributed by atoms with E-state index in [0.29, 0.717) is 5.69 Å². The maximum atomic E-state index is 13.7. The van der Waals surface area contributed by atoms with Crippen LogP contribution in [-0.4, -0.2) is 15.9 Å². The molecule has 0 saturated carbocycles. The summed E-state index contributed by atoms with van der Waals surface area (Å²) in [6.45, 7) is 0. The Balaban J connectivity index is 1.56. The van der Waals surface area contributed by atoms with E-state index in [-0.39, 0.29) is 17.1 Å². The van der Waals surface area contributed by atoms with Gasteiger partial charge in [-0.25, -0.2) is 4.98 Å². The fraction of sp³-hybridized carbons (Fsp3) is 0.0714. The molecule has 0 radical (unpaired) electrons. The summed E-state index contributed by atoms with van der Waals surface area (Å²) in [5.74, 6) is -0.728. The number of carbonyl (C=O) groups excluding carboxylic acids is 1. The van der Waals surface area contributed by atoms with Crippen molar-refractivity contribution in [3.63, 3.8) is 0 Å². The van der Waals surface area contributed by atoms with Crippen molar-refractivity contribution in [1.29, 1.82) is 0 Å². The molecule has 10 heteroatoms. The van der Waals surface area contributed by atoms with Crippen LogP contribution in [0.25, 0.3) is 22.2 Å². The average molecular weight is 525 g/mol. The lowest BCUT2D eigenvalue weighted by molar-refractivity contribution is -0.138. The predicted molar refractivity (Wildman–Crippen MR) is 131 cm³/mol. The smallest absolute Gasteiger partial charge is 0.361 e. The van der Waals surface area contributed by atoms with Gasteiger partial charge in [0.2, 0.25) is 0 Å². The molecule has 0 aliphatic heterocycles. The Hall–Kier alpha value is -4.60. The van der Waals surface area contributed by atoms with Crippen LogP contribution in [0.1, 0.15) is 21.6 Å². The molecule has 0 aliphatic carbocycles. The summed E-state index contributed by atoms with van der Waals surface area (Å²) in [5, 5.41) is 0.928. The molecule has 3 aromatic carbocycles. The second-order valence-corrected chi connectivity index (χ2v) is 8.42. The Morgan fingerprint density at radius 2 is 1.29 bits per heavy atom. The van der Waals surface area contributed by atoms with Gasteiger partial charge in [0.15, 0.2) is 0 Å². The zero-order valence-corrected chi connectivity index (χ0v) is 19.3. The fourth-order valence-corrected chi connectivity index (χ4v) is 4.02. The highest BCUT2D eigenvalue weighted by Crippen LogP contribution is 2.35. The third-order valence-corrected chi connectivity index (χ3v) is 5.93. The van der Waals surface area contributed by atoms with E-state index in [1.54, 1.807) is 18.3 Å². The standard InChI is InChI=1S/C28H17F6N3O/c29-27(30,31)19-5-9-21(10-6-19)37(22-11-7-20(8-12-22)28(32,33)34)26(38)25-3-1-2-24(36-25)17-4-13-23-18(16-17)14-15-35-23/h1-16,35H. The highest BCUT2D eigenvalue weighted by molar-refractivity contribution is 6.10. The number of rotatable bonds is 4. The van der Waals surface area contributed by atoms with Gasteiger partial charge in [-0.3, -0.25) is 9.69 Å². The van der Waals surface area contributed by atoms with E-state index in [9.17, 15) is 31.1 Å². The van der Waals surface area contributed by atoms with E-state index < -0.39 is 29.4 Å². The van der Waals surface area contributed by atoms with Gasteiger partial charge in [-0.05, 0) is 78.9 Å². The molecule has 38 heavy (non-hydrogen) atoms. The number of nitrogens with zero attached hydrogens (tertiary/aromatic N) is 2. The Labute approximate surface area is 212 Å². The first kappa shape index (κ1) is 25.1. The van der Waals surface area contributed by atoms with Crippen LogP contribution >= 0.6 is 0 Å². The van der Waals surface area contributed by atoms with E-state index >= 15 is 0 Å². The van der Waals surface area contributed by atoms with Gasteiger partial charge in [0.1, 0.15) is 5.69 Å². The number of hydrogen-bond acceptors (Lipinski definition) is 2. The van der Waals surface area contributed by atoms with Crippen LogP contribution in [0.4, 0.5) is 37.7 Å². The van der Waals surface area contributed by atoms with Crippen molar-refractivity contribution in [2.45, 2.75) is 12.4 Å². The van der Waals surface area contributed by atoms with Crippen LogP contribution in [-0.2, 0) is 12.4 Å². The lowest BCUT2D eigenvalue weighted by Crippen LogP contribution is -2.27. The van der Waals surface area contributed by atoms with Crippen LogP contribution < -0.4 is 4.90 Å². The number of aromatic amines is 1. The molecule has 1 N–H and O–H groups in total. The second kappa shape index (κ2) is 9.37. The molecule has 0 unspecified atom stereocenters. The van der Waals surface area contributed by atoms with Crippen molar-refractivity contribution in [1.82, 2.24) is 9.97 Å². The normalized spacial score (nSPS) is 12.1. The number of H-pyrrole nitrogens is 1. The molecule has 0 fully saturated rings. The number of anilines is 2. The Morgan fingerprint density at radius 3 is 1.84 bits per heavy atom. The van der Waals surface area contributed by atoms with Crippen molar-refractivity contribution in [2.75, 3.05) is 4.90 Å². The van der Waals surface area contributed by atoms with E-state index in [1.165, 1.54) is 6.07 Å². The molecular weight excluding hydrogens is 508 g/mol. The highest BCUT2D eigenvalue weighted by atomic mass is 19.4. The van der Waals surface area contributed by atoms with E-state index in [0.717, 1.165) is 69.9 Å². The monoisotopic (exact) mass is 525 g/mol. The number of nitrogens with one attached hydrogen (secondary N) is 1. The van der Waals surface area contributed by atoms with Gasteiger partial charge in [-0.15, -0.1) is 0 Å². The summed E-state index contributed by atoms with van der Waals surface area (Å²) in [5.41, 5.74) is 0.268. The second-order valence-electron chi connectivity index (χ2n) is 8.42. The SMILES string of the molecule is O=C(c1cccc(-c2ccc3[nH]ccc3c2)n1)N(c1ccc(C(F)(F)F)cc1)c1ccc(C(F)(F)F)cc1. The minimum absolute atomic E-state index is 0.0312. The number of fused-ring (bicyclic) bond motifs is 1. The lowest BCUT2D eigenvalue weighted by atomic mass is 10.1. The zero-order chi connectivity index (χ0) is 27.1. The van der Waals surface area contributed by atoms with Crippen molar-refractivity contribution < 1.29 is 31.1 Å². The van der Waals surface area contributed by atoms with Crippen LogP contribution in [0.15, 0.2) is 97.2 Å². The Kier molecular flexibility index (Phi) is 6.18. The average Bonchev–Trinajstić information content (AvgIpc) is 3.36. The largest absolute Gasteiger partial charge is 0.416 e. The topological polar surface area (TPSA) is 49.0 Å². The first-order valence-corrected chi connectivity index (χ1v) is 11.2. The van der Waals surface area contributed by atoms with Crippen LogP contribution in [0.5, 0.6) is 0 Å². The maximum absolute atomic E-state index is 13.7. The summed E-state index contributed by atoms with van der Waals surface area (Å²) < 4.78 is 78.6. The summed E-state index contributed by atoms with van der Waals surface area (Å²) in [6.07, 6.45) is -7.41. The van der Waals surface area contributed by atoms with E-state index in [2.05, 4.69) is 9.97 Å². The van der Waals surface area contributed by atoms with Gasteiger partial charge in [-0.2, -0.15) is 26.3 Å². The fourth-order valence-electron chi connectivity index (χ4n) is 4.02. The third-order valence-electron chi connectivity index (χ3n) is 5.93. The summed E-state index contributed by atoms with van der Waals surface area (Å²) in [6, 6.07) is 19.7. The number of amides is 1. The molecule has 2 heterocycles. The van der Waals surface area contributed by atoms with E-state index in [4.69, 9.17) is 0 Å². The molecular formula is C28H17F6N3O. The van der Waals surface area contributed by atoms with Gasteiger partial charge in [0, 0.05) is 34.0 Å². The number of aromatic nitrogens is 2. The molecule has 192 valence electrons. The number of carbonyl (C=O) groups is 1. The molecule has 5 aromatic rings. The Bertz CT molecular complexity index is 1550. The molecule has 4 nitrogen and oxygen atoms in total. The van der Waals surface area contributed by atoms with Gasteiger partial charge < -0.3 is 4.98 Å².